The lowest BCUT2D eigenvalue weighted by Gasteiger charge is -2.02. The highest BCUT2D eigenvalue weighted by Gasteiger charge is 2.04. The maximum atomic E-state index is 5.68. The van der Waals surface area contributed by atoms with Gasteiger partial charge in [-0.3, -0.25) is 0 Å². The number of nitrogens with one attached hydrogen (secondary N) is 1. The van der Waals surface area contributed by atoms with E-state index in [1.165, 1.54) is 0 Å². The van der Waals surface area contributed by atoms with E-state index >= 15 is 0 Å². The van der Waals surface area contributed by atoms with Gasteiger partial charge in [-0.2, -0.15) is 0 Å². The first-order valence-corrected chi connectivity index (χ1v) is 5.60. The third-order valence-corrected chi connectivity index (χ3v) is 2.29. The molecule has 0 aliphatic rings. The number of rotatable bonds is 5. The second kappa shape index (κ2) is 6.15. The maximum absolute atomic E-state index is 5.68. The van der Waals surface area contributed by atoms with E-state index < -0.39 is 0 Å². The number of nitrogens with zero attached hydrogens (tertiary/aromatic N) is 2. The molecule has 3 N–H and O–H groups in total. The van der Waals surface area contributed by atoms with Crippen LogP contribution in [-0.4, -0.2) is 17.5 Å². The Bertz CT molecular complexity index is 337. The highest BCUT2D eigenvalue weighted by molar-refractivity contribution is 5.77. The lowest BCUT2D eigenvalue weighted by molar-refractivity contribution is 0.473. The normalized spacial score (nSPS) is 11.8. The fourth-order valence-electron chi connectivity index (χ4n) is 1.21. The molecular formula is C11H20N4O. The third-order valence-electron chi connectivity index (χ3n) is 2.29. The van der Waals surface area contributed by atoms with E-state index in [0.29, 0.717) is 18.4 Å². The second-order valence-electron chi connectivity index (χ2n) is 3.73. The highest BCUT2D eigenvalue weighted by atomic mass is 16.4. The average Bonchev–Trinajstić information content (AvgIpc) is 2.56. The van der Waals surface area contributed by atoms with Crippen LogP contribution in [-0.2, 0) is 6.54 Å². The van der Waals surface area contributed by atoms with E-state index in [1.54, 1.807) is 0 Å². The van der Waals surface area contributed by atoms with Crippen LogP contribution in [0.15, 0.2) is 9.41 Å². The molecule has 1 rings (SSSR count). The summed E-state index contributed by atoms with van der Waals surface area (Å²) in [7, 11) is 0. The first-order valence-electron chi connectivity index (χ1n) is 5.60. The Balaban J connectivity index is 2.40. The SMILES string of the molecule is CCCCNC(N)=NCc1nc(C)c(C)o1. The monoisotopic (exact) mass is 224 g/mol. The molecule has 0 fully saturated rings. The molecule has 5 nitrogen and oxygen atoms in total. The zero-order valence-corrected chi connectivity index (χ0v) is 10.2. The number of hydrogen-bond donors (Lipinski definition) is 2. The van der Waals surface area contributed by atoms with Gasteiger partial charge < -0.3 is 15.5 Å². The first-order chi connectivity index (χ1) is 7.63. The summed E-state index contributed by atoms with van der Waals surface area (Å²) in [6, 6.07) is 0. The van der Waals surface area contributed by atoms with Gasteiger partial charge in [0, 0.05) is 6.54 Å². The van der Waals surface area contributed by atoms with Gasteiger partial charge in [0.2, 0.25) is 5.89 Å². The fourth-order valence-corrected chi connectivity index (χ4v) is 1.21. The summed E-state index contributed by atoms with van der Waals surface area (Å²) >= 11 is 0. The highest BCUT2D eigenvalue weighted by Crippen LogP contribution is 2.08. The molecule has 0 saturated carbocycles. The number of hydrogen-bond acceptors (Lipinski definition) is 3. The van der Waals surface area contributed by atoms with Crippen molar-refractivity contribution in [2.24, 2.45) is 10.7 Å². The van der Waals surface area contributed by atoms with E-state index in [4.69, 9.17) is 10.2 Å². The van der Waals surface area contributed by atoms with Gasteiger partial charge in [-0.15, -0.1) is 0 Å². The molecule has 5 heteroatoms. The van der Waals surface area contributed by atoms with Crippen molar-refractivity contribution in [1.29, 1.82) is 0 Å². The number of oxazole rings is 1. The molecular weight excluding hydrogens is 204 g/mol. The molecule has 0 spiro atoms. The van der Waals surface area contributed by atoms with Gasteiger partial charge in [-0.05, 0) is 20.3 Å². The van der Waals surface area contributed by atoms with E-state index in [1.807, 2.05) is 13.8 Å². The van der Waals surface area contributed by atoms with E-state index in [2.05, 4.69) is 22.2 Å². The van der Waals surface area contributed by atoms with Crippen molar-refractivity contribution in [3.8, 4) is 0 Å². The van der Waals surface area contributed by atoms with Crippen LogP contribution in [0.2, 0.25) is 0 Å². The molecule has 0 amide bonds. The molecule has 0 saturated heterocycles. The van der Waals surface area contributed by atoms with Crippen molar-refractivity contribution >= 4 is 5.96 Å². The summed E-state index contributed by atoms with van der Waals surface area (Å²) in [6.45, 7) is 7.18. The molecule has 1 aromatic rings. The second-order valence-corrected chi connectivity index (χ2v) is 3.73. The summed E-state index contributed by atoms with van der Waals surface area (Å²) in [5, 5.41) is 3.03. The fraction of sp³-hybridized carbons (Fsp3) is 0.636. The Labute approximate surface area is 96.1 Å². The number of unbranched alkanes of at least 4 members (excludes halogenated alkanes) is 1. The van der Waals surface area contributed by atoms with Gasteiger partial charge >= 0.3 is 0 Å². The lowest BCUT2D eigenvalue weighted by Crippen LogP contribution is -2.32. The molecule has 90 valence electrons. The molecule has 0 atom stereocenters. The predicted molar refractivity (Wildman–Crippen MR) is 64.2 cm³/mol. The summed E-state index contributed by atoms with van der Waals surface area (Å²) in [5.41, 5.74) is 6.58. The van der Waals surface area contributed by atoms with Crippen LogP contribution in [0.5, 0.6) is 0 Å². The Hall–Kier alpha value is -1.52. The van der Waals surface area contributed by atoms with Gasteiger partial charge in [0.05, 0.1) is 5.69 Å². The van der Waals surface area contributed by atoms with Crippen LogP contribution >= 0.6 is 0 Å². The standard InChI is InChI=1S/C11H20N4O/c1-4-5-6-13-11(12)14-7-10-15-8(2)9(3)16-10/h4-7H2,1-3H3,(H3,12,13,14). The van der Waals surface area contributed by atoms with Crippen LogP contribution in [0, 0.1) is 13.8 Å². The minimum atomic E-state index is 0.389. The minimum Gasteiger partial charge on any atom is -0.444 e. The van der Waals surface area contributed by atoms with E-state index in [-0.39, 0.29) is 0 Å². The predicted octanol–water partition coefficient (Wildman–Crippen LogP) is 1.50. The van der Waals surface area contributed by atoms with Crippen molar-refractivity contribution in [1.82, 2.24) is 10.3 Å². The molecule has 0 radical (unpaired) electrons. The molecule has 0 bridgehead atoms. The molecule has 16 heavy (non-hydrogen) atoms. The van der Waals surface area contributed by atoms with Crippen LogP contribution in [0.4, 0.5) is 0 Å². The molecule has 0 aromatic carbocycles. The van der Waals surface area contributed by atoms with Crippen molar-refractivity contribution in [2.45, 2.75) is 40.2 Å². The molecule has 0 aliphatic heterocycles. The third kappa shape index (κ3) is 3.92. The number of guanidine groups is 1. The minimum absolute atomic E-state index is 0.389. The first kappa shape index (κ1) is 12.5. The zero-order valence-electron chi connectivity index (χ0n) is 10.2. The largest absolute Gasteiger partial charge is 0.444 e. The van der Waals surface area contributed by atoms with Gasteiger partial charge in [-0.25, -0.2) is 9.98 Å². The van der Waals surface area contributed by atoms with Gasteiger partial charge in [0.1, 0.15) is 12.3 Å². The van der Waals surface area contributed by atoms with Gasteiger partial charge in [-0.1, -0.05) is 13.3 Å². The summed E-state index contributed by atoms with van der Waals surface area (Å²) < 4.78 is 5.39. The maximum Gasteiger partial charge on any atom is 0.216 e. The van der Waals surface area contributed by atoms with Crippen LogP contribution in [0.3, 0.4) is 0 Å². The molecule has 1 heterocycles. The molecule has 1 aromatic heterocycles. The number of aliphatic imine (C=N–C) groups is 1. The van der Waals surface area contributed by atoms with Gasteiger partial charge in [0.25, 0.3) is 0 Å². The topological polar surface area (TPSA) is 76.4 Å². The van der Waals surface area contributed by atoms with Crippen molar-refractivity contribution in [2.75, 3.05) is 6.54 Å². The quantitative estimate of drug-likeness (QED) is 0.451. The van der Waals surface area contributed by atoms with Crippen molar-refractivity contribution in [3.05, 3.63) is 17.3 Å². The van der Waals surface area contributed by atoms with E-state index in [0.717, 1.165) is 30.8 Å². The Morgan fingerprint density at radius 3 is 2.81 bits per heavy atom. The summed E-state index contributed by atoms with van der Waals surface area (Å²) in [5.74, 6) is 1.89. The van der Waals surface area contributed by atoms with Gasteiger partial charge in [0.15, 0.2) is 5.96 Å². The van der Waals surface area contributed by atoms with Crippen molar-refractivity contribution < 1.29 is 4.42 Å². The zero-order chi connectivity index (χ0) is 12.0. The smallest absolute Gasteiger partial charge is 0.216 e. The average molecular weight is 224 g/mol. The van der Waals surface area contributed by atoms with Crippen molar-refractivity contribution in [3.63, 3.8) is 0 Å². The summed E-state index contributed by atoms with van der Waals surface area (Å²) in [6.07, 6.45) is 2.23. The number of aromatic nitrogens is 1. The Kier molecular flexibility index (Phi) is 4.82. The van der Waals surface area contributed by atoms with Crippen LogP contribution in [0.25, 0.3) is 0 Å². The Morgan fingerprint density at radius 1 is 1.50 bits per heavy atom. The summed E-state index contributed by atoms with van der Waals surface area (Å²) in [4.78, 5) is 8.37. The molecule has 0 unspecified atom stereocenters. The van der Waals surface area contributed by atoms with Crippen LogP contribution < -0.4 is 11.1 Å². The number of nitrogens with two attached hydrogens (primary N) is 1. The molecule has 0 aliphatic carbocycles. The Morgan fingerprint density at radius 2 is 2.25 bits per heavy atom. The van der Waals surface area contributed by atoms with Crippen LogP contribution in [0.1, 0.15) is 37.1 Å². The number of aryl methyl sites for hydroxylation is 2. The van der Waals surface area contributed by atoms with E-state index in [9.17, 15) is 0 Å². The lowest BCUT2D eigenvalue weighted by atomic mass is 10.3.